The van der Waals surface area contributed by atoms with Gasteiger partial charge < -0.3 is 4.74 Å². The first-order valence-electron chi connectivity index (χ1n) is 7.78. The number of carbonyl (C=O) groups is 1. The van der Waals surface area contributed by atoms with Crippen LogP contribution in [-0.2, 0) is 9.53 Å². The summed E-state index contributed by atoms with van der Waals surface area (Å²) >= 11 is 3.55. The minimum absolute atomic E-state index is 0.216. The number of hydrogen-bond donors (Lipinski definition) is 0. The van der Waals surface area contributed by atoms with Crippen LogP contribution in [-0.4, -0.2) is 13.1 Å². The monoisotopic (exact) mass is 344 g/mol. The highest BCUT2D eigenvalue weighted by atomic mass is 79.9. The predicted molar refractivity (Wildman–Crippen MR) is 90.0 cm³/mol. The fourth-order valence-corrected chi connectivity index (χ4v) is 2.54. The third-order valence-corrected chi connectivity index (χ3v) is 4.10. The van der Waals surface area contributed by atoms with Gasteiger partial charge in [-0.25, -0.2) is 4.79 Å². The first-order valence-corrected chi connectivity index (χ1v) is 8.57. The summed E-state index contributed by atoms with van der Waals surface area (Å²) in [5.74, 6) is -0.216. The van der Waals surface area contributed by atoms with E-state index >= 15 is 0 Å². The van der Waals surface area contributed by atoms with E-state index in [9.17, 15) is 4.79 Å². The second-order valence-corrected chi connectivity index (χ2v) is 5.96. The van der Waals surface area contributed by atoms with Crippen molar-refractivity contribution in [1.82, 2.24) is 0 Å². The average Bonchev–Trinajstić information content (AvgIpc) is 2.46. The van der Waals surface area contributed by atoms with Crippen molar-refractivity contribution in [3.05, 3.63) is 22.2 Å². The smallest absolute Gasteiger partial charge is 0.334 e. The summed E-state index contributed by atoms with van der Waals surface area (Å²) in [6, 6.07) is 0. The number of hydrogen-bond acceptors (Lipinski definition) is 2. The molecule has 0 fully saturated rings. The minimum atomic E-state index is -0.216. The van der Waals surface area contributed by atoms with Crippen LogP contribution in [0.3, 0.4) is 0 Å². The topological polar surface area (TPSA) is 26.3 Å². The molecule has 116 valence electrons. The van der Waals surface area contributed by atoms with E-state index in [0.29, 0.717) is 6.42 Å². The molecule has 0 aliphatic rings. The van der Waals surface area contributed by atoms with Gasteiger partial charge >= 0.3 is 5.97 Å². The first-order chi connectivity index (χ1) is 9.67. The number of rotatable bonds is 11. The Kier molecular flexibility index (Phi) is 13.0. The fourth-order valence-electron chi connectivity index (χ4n) is 1.94. The quantitative estimate of drug-likeness (QED) is 0.201. The van der Waals surface area contributed by atoms with Gasteiger partial charge in [0.15, 0.2) is 0 Å². The first kappa shape index (κ1) is 19.4. The van der Waals surface area contributed by atoms with E-state index in [1.807, 2.05) is 0 Å². The van der Waals surface area contributed by atoms with Gasteiger partial charge in [-0.2, -0.15) is 0 Å². The molecule has 0 spiro atoms. The molecule has 20 heavy (non-hydrogen) atoms. The average molecular weight is 345 g/mol. The molecule has 0 saturated heterocycles. The third kappa shape index (κ3) is 9.35. The summed E-state index contributed by atoms with van der Waals surface area (Å²) in [4.78, 5) is 11.8. The third-order valence-electron chi connectivity index (χ3n) is 3.22. The number of allylic oxidation sites excluding steroid dienone is 3. The van der Waals surface area contributed by atoms with Gasteiger partial charge in [-0.3, -0.25) is 0 Å². The number of ether oxygens (including phenoxy) is 1. The molecule has 0 radical (unpaired) electrons. The Bertz CT molecular complexity index is 319. The molecule has 0 atom stereocenters. The van der Waals surface area contributed by atoms with E-state index in [4.69, 9.17) is 4.74 Å². The molecule has 3 heteroatoms. The molecule has 0 aliphatic carbocycles. The van der Waals surface area contributed by atoms with Crippen LogP contribution in [0.4, 0.5) is 0 Å². The van der Waals surface area contributed by atoms with Crippen LogP contribution >= 0.6 is 15.9 Å². The van der Waals surface area contributed by atoms with Crippen LogP contribution in [0.15, 0.2) is 22.2 Å². The molecule has 0 heterocycles. The van der Waals surface area contributed by atoms with Crippen molar-refractivity contribution >= 4 is 21.9 Å². The van der Waals surface area contributed by atoms with E-state index in [0.717, 1.165) is 29.3 Å². The fraction of sp³-hybridized carbons (Fsp3) is 0.706. The van der Waals surface area contributed by atoms with Crippen LogP contribution in [0.25, 0.3) is 0 Å². The van der Waals surface area contributed by atoms with Crippen molar-refractivity contribution in [3.63, 3.8) is 0 Å². The summed E-state index contributed by atoms with van der Waals surface area (Å²) in [7, 11) is 1.44. The predicted octanol–water partition coefficient (Wildman–Crippen LogP) is 5.92. The lowest BCUT2D eigenvalue weighted by atomic mass is 10.1. The van der Waals surface area contributed by atoms with Gasteiger partial charge in [-0.05, 0) is 32.1 Å². The maximum atomic E-state index is 11.8. The molecule has 0 amide bonds. The van der Waals surface area contributed by atoms with Crippen LogP contribution in [0.5, 0.6) is 0 Å². The summed E-state index contributed by atoms with van der Waals surface area (Å²) in [6.45, 7) is 4.38. The summed E-state index contributed by atoms with van der Waals surface area (Å²) in [5, 5.41) is 0. The molecular formula is C17H29BrO2. The zero-order valence-corrected chi connectivity index (χ0v) is 14.8. The van der Waals surface area contributed by atoms with Gasteiger partial charge in [-0.15, -0.1) is 0 Å². The van der Waals surface area contributed by atoms with E-state index in [2.05, 4.69) is 41.9 Å². The van der Waals surface area contributed by atoms with Crippen molar-refractivity contribution in [2.24, 2.45) is 0 Å². The van der Waals surface area contributed by atoms with Gasteiger partial charge in [0.05, 0.1) is 12.7 Å². The van der Waals surface area contributed by atoms with Gasteiger partial charge in [0.1, 0.15) is 0 Å². The highest BCUT2D eigenvalue weighted by molar-refractivity contribution is 9.11. The molecule has 0 bridgehead atoms. The zero-order valence-electron chi connectivity index (χ0n) is 13.2. The maximum Gasteiger partial charge on any atom is 0.334 e. The zero-order chi connectivity index (χ0) is 15.2. The maximum absolute atomic E-state index is 11.8. The number of carbonyl (C=O) groups excluding carboxylic acids is 1. The lowest BCUT2D eigenvalue weighted by molar-refractivity contribution is -0.136. The number of halogens is 1. The summed E-state index contributed by atoms with van der Waals surface area (Å²) < 4.78 is 5.87. The Morgan fingerprint density at radius 1 is 1.05 bits per heavy atom. The molecular weight excluding hydrogens is 316 g/mol. The molecule has 0 saturated carbocycles. The molecule has 0 aromatic carbocycles. The van der Waals surface area contributed by atoms with Crippen LogP contribution in [0.2, 0.25) is 0 Å². The van der Waals surface area contributed by atoms with Crippen molar-refractivity contribution in [1.29, 1.82) is 0 Å². The summed E-state index contributed by atoms with van der Waals surface area (Å²) in [5.41, 5.74) is 0.760. The number of esters is 1. The van der Waals surface area contributed by atoms with Gasteiger partial charge in [0.2, 0.25) is 0 Å². The highest BCUT2D eigenvalue weighted by Gasteiger charge is 2.12. The van der Waals surface area contributed by atoms with Gasteiger partial charge in [0, 0.05) is 4.48 Å². The van der Waals surface area contributed by atoms with Crippen molar-refractivity contribution in [2.45, 2.75) is 71.6 Å². The van der Waals surface area contributed by atoms with E-state index in [1.165, 1.54) is 39.2 Å². The Balaban J connectivity index is 4.40. The number of unbranched alkanes of at least 4 members (excludes halogenated alkanes) is 5. The number of methoxy groups -OCH3 is 1. The molecule has 2 nitrogen and oxygen atoms in total. The lowest BCUT2D eigenvalue weighted by Gasteiger charge is -2.07. The SMILES string of the molecule is CCCCC/C=C/C/C(C(=O)OC)=C(\Br)CCCCC. The van der Waals surface area contributed by atoms with Crippen LogP contribution in [0, 0.1) is 0 Å². The largest absolute Gasteiger partial charge is 0.466 e. The van der Waals surface area contributed by atoms with Crippen LogP contribution < -0.4 is 0 Å². The van der Waals surface area contributed by atoms with Gasteiger partial charge in [0.25, 0.3) is 0 Å². The molecule has 0 unspecified atom stereocenters. The van der Waals surface area contributed by atoms with E-state index < -0.39 is 0 Å². The van der Waals surface area contributed by atoms with Crippen LogP contribution in [0.1, 0.15) is 71.6 Å². The normalized spacial score (nSPS) is 12.6. The van der Waals surface area contributed by atoms with Crippen molar-refractivity contribution in [3.8, 4) is 0 Å². The molecule has 0 rings (SSSR count). The van der Waals surface area contributed by atoms with Crippen molar-refractivity contribution in [2.75, 3.05) is 7.11 Å². The Morgan fingerprint density at radius 3 is 2.30 bits per heavy atom. The van der Waals surface area contributed by atoms with E-state index in [1.54, 1.807) is 0 Å². The second kappa shape index (κ2) is 13.4. The standard InChI is InChI=1S/C17H29BrO2/c1-4-6-8-9-10-12-13-15(17(19)20-3)16(18)14-11-7-5-2/h10,12H,4-9,11,13-14H2,1-3H3/b12-10+,16-15+. The van der Waals surface area contributed by atoms with Crippen molar-refractivity contribution < 1.29 is 9.53 Å². The molecule has 0 aliphatic heterocycles. The Labute approximate surface area is 132 Å². The Hall–Kier alpha value is -0.570. The lowest BCUT2D eigenvalue weighted by Crippen LogP contribution is -2.06. The second-order valence-electron chi connectivity index (χ2n) is 5.00. The summed E-state index contributed by atoms with van der Waals surface area (Å²) in [6.07, 6.45) is 14.1. The molecule has 0 aromatic rings. The highest BCUT2D eigenvalue weighted by Crippen LogP contribution is 2.23. The molecule has 0 aromatic heterocycles. The Morgan fingerprint density at radius 2 is 1.70 bits per heavy atom. The van der Waals surface area contributed by atoms with Gasteiger partial charge in [-0.1, -0.05) is 67.6 Å². The minimum Gasteiger partial charge on any atom is -0.466 e. The van der Waals surface area contributed by atoms with E-state index in [-0.39, 0.29) is 5.97 Å². The molecule has 0 N–H and O–H groups in total.